The summed E-state index contributed by atoms with van der Waals surface area (Å²) in [7, 11) is 2.14. The molecule has 0 saturated carbocycles. The van der Waals surface area contributed by atoms with Gasteiger partial charge in [-0.15, -0.1) is 11.3 Å². The average Bonchev–Trinajstić information content (AvgIpc) is 3.07. The minimum Gasteiger partial charge on any atom is -0.363 e. The molecule has 1 atom stereocenters. The Labute approximate surface area is 157 Å². The maximum Gasteiger partial charge on any atom is 0.134 e. The Morgan fingerprint density at radius 1 is 1.19 bits per heavy atom. The van der Waals surface area contributed by atoms with Gasteiger partial charge in [0.15, 0.2) is 0 Å². The van der Waals surface area contributed by atoms with Crippen LogP contribution in [0.4, 0.5) is 4.39 Å². The van der Waals surface area contributed by atoms with Gasteiger partial charge >= 0.3 is 0 Å². The van der Waals surface area contributed by atoms with Crippen molar-refractivity contribution >= 4 is 21.6 Å². The minimum atomic E-state index is -0.250. The molecule has 0 amide bonds. The van der Waals surface area contributed by atoms with E-state index >= 15 is 0 Å². The molecular weight excluding hydrogens is 347 g/mol. The molecule has 3 nitrogen and oxygen atoms in total. The van der Waals surface area contributed by atoms with Crippen LogP contribution >= 0.6 is 11.3 Å². The van der Waals surface area contributed by atoms with Crippen molar-refractivity contribution in [3.63, 3.8) is 0 Å². The Balaban J connectivity index is 1.69. The molecule has 26 heavy (non-hydrogen) atoms. The number of rotatable bonds is 4. The van der Waals surface area contributed by atoms with Gasteiger partial charge in [-0.05, 0) is 56.1 Å². The normalized spacial score (nSPS) is 17.7. The number of hydrogen-bond donors (Lipinski definition) is 0. The van der Waals surface area contributed by atoms with E-state index in [9.17, 15) is 4.39 Å². The summed E-state index contributed by atoms with van der Waals surface area (Å²) >= 11 is 1.66. The van der Waals surface area contributed by atoms with Crippen LogP contribution in [0.2, 0.25) is 0 Å². The monoisotopic (exact) mass is 370 g/mol. The van der Waals surface area contributed by atoms with Crippen LogP contribution in [0.3, 0.4) is 0 Å². The van der Waals surface area contributed by atoms with E-state index in [0.717, 1.165) is 46.7 Å². The second-order valence-electron chi connectivity index (χ2n) is 7.05. The maximum absolute atomic E-state index is 13.8. The van der Waals surface area contributed by atoms with Crippen molar-refractivity contribution in [1.29, 1.82) is 0 Å². The number of piperidine rings is 1. The third-order valence-corrected chi connectivity index (χ3v) is 6.09. The number of thiazole rings is 1. The molecule has 1 fully saturated rings. The van der Waals surface area contributed by atoms with Gasteiger partial charge in [0.2, 0.25) is 0 Å². The molecule has 0 radical (unpaired) electrons. The highest BCUT2D eigenvalue weighted by atomic mass is 32.1. The van der Waals surface area contributed by atoms with Crippen molar-refractivity contribution in [3.05, 3.63) is 64.4 Å². The molecule has 1 aromatic heterocycles. The van der Waals surface area contributed by atoms with Crippen LogP contribution in [0.15, 0.2) is 42.5 Å². The van der Waals surface area contributed by atoms with Crippen LogP contribution in [0.1, 0.15) is 35.1 Å². The quantitative estimate of drug-likeness (QED) is 0.650. The number of aromatic nitrogens is 1. The van der Waals surface area contributed by atoms with Gasteiger partial charge in [0, 0.05) is 13.1 Å². The van der Waals surface area contributed by atoms with E-state index in [-0.39, 0.29) is 18.0 Å². The lowest BCUT2D eigenvalue weighted by atomic mass is 10.0. The number of aryl methyl sites for hydroxylation is 1. The SMILES string of the molecule is Cc1cc(C(OC2CCN(C)CC2)c2nc3ccccc3s2)ccc1F. The molecule has 2 heterocycles. The van der Waals surface area contributed by atoms with Crippen LogP contribution in [0, 0.1) is 12.7 Å². The molecule has 136 valence electrons. The molecule has 1 aliphatic heterocycles. The molecule has 4 rings (SSSR count). The fraction of sp³-hybridized carbons (Fsp3) is 0.381. The van der Waals surface area contributed by atoms with E-state index in [1.54, 1.807) is 18.3 Å². The summed E-state index contributed by atoms with van der Waals surface area (Å²) in [5.74, 6) is -0.184. The molecule has 0 N–H and O–H groups in total. The molecule has 1 saturated heterocycles. The van der Waals surface area contributed by atoms with E-state index in [0.29, 0.717) is 5.56 Å². The van der Waals surface area contributed by atoms with Crippen molar-refractivity contribution in [2.45, 2.75) is 32.0 Å². The maximum atomic E-state index is 13.8. The minimum absolute atomic E-state index is 0.184. The van der Waals surface area contributed by atoms with Gasteiger partial charge in [-0.3, -0.25) is 0 Å². The van der Waals surface area contributed by atoms with Gasteiger partial charge in [-0.25, -0.2) is 9.37 Å². The molecule has 2 aromatic carbocycles. The number of fused-ring (bicyclic) bond motifs is 1. The van der Waals surface area contributed by atoms with Gasteiger partial charge in [-0.2, -0.15) is 0 Å². The van der Waals surface area contributed by atoms with Crippen LogP contribution in [-0.2, 0) is 4.74 Å². The summed E-state index contributed by atoms with van der Waals surface area (Å²) in [6.07, 6.45) is 1.98. The topological polar surface area (TPSA) is 25.4 Å². The summed E-state index contributed by atoms with van der Waals surface area (Å²) in [5.41, 5.74) is 2.60. The van der Waals surface area contributed by atoms with Crippen molar-refractivity contribution in [2.24, 2.45) is 0 Å². The highest BCUT2D eigenvalue weighted by molar-refractivity contribution is 7.18. The number of nitrogens with zero attached hydrogens (tertiary/aromatic N) is 2. The van der Waals surface area contributed by atoms with Crippen LogP contribution in [-0.4, -0.2) is 36.1 Å². The second-order valence-corrected chi connectivity index (χ2v) is 8.11. The van der Waals surface area contributed by atoms with Crippen molar-refractivity contribution < 1.29 is 9.13 Å². The van der Waals surface area contributed by atoms with Crippen LogP contribution in [0.25, 0.3) is 10.2 Å². The first-order chi connectivity index (χ1) is 12.6. The lowest BCUT2D eigenvalue weighted by Gasteiger charge is -2.31. The largest absolute Gasteiger partial charge is 0.363 e. The van der Waals surface area contributed by atoms with E-state index < -0.39 is 0 Å². The zero-order valence-corrected chi connectivity index (χ0v) is 15.9. The smallest absolute Gasteiger partial charge is 0.134 e. The van der Waals surface area contributed by atoms with Gasteiger partial charge in [0.25, 0.3) is 0 Å². The summed E-state index contributed by atoms with van der Waals surface area (Å²) in [6.45, 7) is 3.88. The number of hydrogen-bond acceptors (Lipinski definition) is 4. The first-order valence-electron chi connectivity index (χ1n) is 9.05. The summed E-state index contributed by atoms with van der Waals surface area (Å²) < 4.78 is 21.5. The van der Waals surface area contributed by atoms with Gasteiger partial charge in [0.05, 0.1) is 16.3 Å². The number of halogens is 1. The Morgan fingerprint density at radius 3 is 2.69 bits per heavy atom. The predicted octanol–water partition coefficient (Wildman–Crippen LogP) is 4.94. The number of likely N-dealkylation sites (tertiary alicyclic amines) is 1. The third kappa shape index (κ3) is 3.65. The fourth-order valence-corrected chi connectivity index (χ4v) is 4.46. The Morgan fingerprint density at radius 2 is 1.96 bits per heavy atom. The van der Waals surface area contributed by atoms with Crippen LogP contribution < -0.4 is 0 Å². The number of benzene rings is 2. The first-order valence-corrected chi connectivity index (χ1v) is 9.87. The molecular formula is C21H23FN2OS. The standard InChI is InChI=1S/C21H23FN2OS/c1-14-13-15(7-8-17(14)22)20(25-16-9-11-24(2)12-10-16)21-23-18-5-3-4-6-19(18)26-21/h3-8,13,16,20H,9-12H2,1-2H3. The Hall–Kier alpha value is -1.82. The first kappa shape index (κ1) is 17.6. The van der Waals surface area contributed by atoms with Gasteiger partial charge < -0.3 is 9.64 Å². The van der Waals surface area contributed by atoms with Crippen molar-refractivity contribution in [1.82, 2.24) is 9.88 Å². The van der Waals surface area contributed by atoms with Crippen molar-refractivity contribution in [2.75, 3.05) is 20.1 Å². The van der Waals surface area contributed by atoms with Crippen LogP contribution in [0.5, 0.6) is 0 Å². The van der Waals surface area contributed by atoms with Gasteiger partial charge in [0.1, 0.15) is 16.9 Å². The van der Waals surface area contributed by atoms with E-state index in [2.05, 4.69) is 18.0 Å². The molecule has 0 spiro atoms. The summed E-state index contributed by atoms with van der Waals surface area (Å²) in [4.78, 5) is 7.14. The molecule has 5 heteroatoms. The zero-order valence-electron chi connectivity index (χ0n) is 15.1. The average molecular weight is 370 g/mol. The zero-order chi connectivity index (χ0) is 18.1. The van der Waals surface area contributed by atoms with Crippen molar-refractivity contribution in [3.8, 4) is 0 Å². The third-order valence-electron chi connectivity index (χ3n) is 5.01. The summed E-state index contributed by atoms with van der Waals surface area (Å²) in [5, 5.41) is 0.941. The molecule has 1 unspecified atom stereocenters. The fourth-order valence-electron chi connectivity index (χ4n) is 3.43. The molecule has 3 aromatic rings. The van der Waals surface area contributed by atoms with E-state index in [4.69, 9.17) is 9.72 Å². The number of para-hydroxylation sites is 1. The van der Waals surface area contributed by atoms with Gasteiger partial charge in [-0.1, -0.05) is 24.3 Å². The lowest BCUT2D eigenvalue weighted by molar-refractivity contribution is -0.0234. The molecule has 0 bridgehead atoms. The summed E-state index contributed by atoms with van der Waals surface area (Å²) in [6, 6.07) is 13.4. The second kappa shape index (κ2) is 7.43. The molecule has 0 aliphatic carbocycles. The highest BCUT2D eigenvalue weighted by Gasteiger charge is 2.26. The number of ether oxygens (including phenoxy) is 1. The molecule has 1 aliphatic rings. The van der Waals surface area contributed by atoms with E-state index in [1.807, 2.05) is 30.3 Å². The Kier molecular flexibility index (Phi) is 5.02. The lowest BCUT2D eigenvalue weighted by Crippen LogP contribution is -2.35. The predicted molar refractivity (Wildman–Crippen MR) is 104 cm³/mol. The van der Waals surface area contributed by atoms with E-state index in [1.165, 1.54) is 6.07 Å². The Bertz CT molecular complexity index is 869. The highest BCUT2D eigenvalue weighted by Crippen LogP contribution is 2.35.